The molecule has 0 saturated heterocycles. The second-order valence-electron chi connectivity index (χ2n) is 13.2. The highest BCUT2D eigenvalue weighted by molar-refractivity contribution is 5.80. The van der Waals surface area contributed by atoms with Crippen molar-refractivity contribution in [3.05, 3.63) is 24.3 Å². The maximum atomic E-state index is 12.5. The number of unbranched alkanes of at least 4 members (excludes halogenated alkanes) is 20. The van der Waals surface area contributed by atoms with Gasteiger partial charge in [-0.25, -0.2) is 0 Å². The number of hydrogen-bond acceptors (Lipinski definition) is 4. The van der Waals surface area contributed by atoms with Gasteiger partial charge in [0, 0.05) is 12.8 Å². The second-order valence-corrected chi connectivity index (χ2v) is 13.2. The summed E-state index contributed by atoms with van der Waals surface area (Å²) in [6, 6.07) is 0. The average molecular weight is 648 g/mol. The van der Waals surface area contributed by atoms with Crippen LogP contribution in [0.15, 0.2) is 24.3 Å². The van der Waals surface area contributed by atoms with E-state index in [9.17, 15) is 14.4 Å². The van der Waals surface area contributed by atoms with E-state index in [0.717, 1.165) is 64.2 Å². The molecular weight excluding hydrogens is 574 g/mol. The number of amides is 1. The van der Waals surface area contributed by atoms with E-state index in [1.165, 1.54) is 109 Å². The Hall–Kier alpha value is -2.11. The molecule has 0 spiro atoms. The molecule has 0 fully saturated rings. The fourth-order valence-corrected chi connectivity index (χ4v) is 5.72. The monoisotopic (exact) mass is 648 g/mol. The predicted molar refractivity (Wildman–Crippen MR) is 194 cm³/mol. The molecule has 0 aliphatic rings. The van der Waals surface area contributed by atoms with Crippen molar-refractivity contribution in [3.63, 3.8) is 0 Å². The molecule has 6 heteroatoms. The van der Waals surface area contributed by atoms with Gasteiger partial charge in [0.2, 0.25) is 5.91 Å². The first-order valence-corrected chi connectivity index (χ1v) is 19.5. The molecule has 0 aromatic heterocycles. The largest absolute Gasteiger partial charge is 0.480 e. The third-order valence-corrected chi connectivity index (χ3v) is 8.63. The van der Waals surface area contributed by atoms with Gasteiger partial charge in [0.1, 0.15) is 12.6 Å². The Morgan fingerprint density at radius 2 is 1.00 bits per heavy atom. The van der Waals surface area contributed by atoms with Crippen LogP contribution in [0.25, 0.3) is 0 Å². The van der Waals surface area contributed by atoms with Gasteiger partial charge >= 0.3 is 11.9 Å². The minimum atomic E-state index is -1.02. The number of carboxylic acid groups (broad SMARTS) is 1. The summed E-state index contributed by atoms with van der Waals surface area (Å²) in [6.45, 7) is 4.15. The summed E-state index contributed by atoms with van der Waals surface area (Å²) in [5, 5.41) is 11.0. The molecule has 1 atom stereocenters. The van der Waals surface area contributed by atoms with E-state index in [4.69, 9.17) is 9.84 Å². The van der Waals surface area contributed by atoms with Gasteiger partial charge in [0.25, 0.3) is 0 Å². The Kier molecular flexibility index (Phi) is 34.1. The van der Waals surface area contributed by atoms with Crippen LogP contribution in [0.1, 0.15) is 200 Å². The predicted octanol–water partition coefficient (Wildman–Crippen LogP) is 11.6. The summed E-state index contributed by atoms with van der Waals surface area (Å²) in [4.78, 5) is 34.7. The van der Waals surface area contributed by atoms with Gasteiger partial charge in [0.15, 0.2) is 0 Å². The van der Waals surface area contributed by atoms with E-state index in [1.54, 1.807) is 0 Å². The van der Waals surface area contributed by atoms with Crippen molar-refractivity contribution < 1.29 is 24.2 Å². The number of nitrogens with one attached hydrogen (secondary N) is 1. The summed E-state index contributed by atoms with van der Waals surface area (Å²) in [5.41, 5.74) is 0. The first-order valence-electron chi connectivity index (χ1n) is 19.5. The highest BCUT2D eigenvalue weighted by Gasteiger charge is 2.14. The zero-order valence-corrected chi connectivity index (χ0v) is 30.2. The van der Waals surface area contributed by atoms with Gasteiger partial charge in [-0.05, 0) is 70.6 Å². The average Bonchev–Trinajstić information content (AvgIpc) is 3.04. The molecule has 268 valence electrons. The molecule has 0 rings (SSSR count). The molecule has 0 aromatic rings. The van der Waals surface area contributed by atoms with E-state index in [0.29, 0.717) is 12.8 Å². The van der Waals surface area contributed by atoms with Gasteiger partial charge in [-0.2, -0.15) is 0 Å². The van der Waals surface area contributed by atoms with E-state index in [2.05, 4.69) is 43.5 Å². The zero-order valence-electron chi connectivity index (χ0n) is 30.2. The molecule has 2 N–H and O–H groups in total. The Bertz CT molecular complexity index is 763. The first kappa shape index (κ1) is 43.9. The minimum Gasteiger partial charge on any atom is -0.480 e. The van der Waals surface area contributed by atoms with Crippen molar-refractivity contribution in [2.75, 3.05) is 6.54 Å². The van der Waals surface area contributed by atoms with Crippen molar-refractivity contribution in [1.29, 1.82) is 0 Å². The van der Waals surface area contributed by atoms with Crippen LogP contribution in [0.4, 0.5) is 0 Å². The van der Waals surface area contributed by atoms with E-state index in [1.807, 2.05) is 0 Å². The fraction of sp³-hybridized carbons (Fsp3) is 0.825. The fourth-order valence-electron chi connectivity index (χ4n) is 5.72. The summed E-state index contributed by atoms with van der Waals surface area (Å²) >= 11 is 0. The van der Waals surface area contributed by atoms with Gasteiger partial charge < -0.3 is 15.2 Å². The van der Waals surface area contributed by atoms with Gasteiger partial charge in [-0.15, -0.1) is 0 Å². The maximum absolute atomic E-state index is 12.5. The van der Waals surface area contributed by atoms with Crippen LogP contribution in [-0.4, -0.2) is 35.6 Å². The number of hydrogen-bond donors (Lipinski definition) is 2. The van der Waals surface area contributed by atoms with Crippen LogP contribution >= 0.6 is 0 Å². The normalized spacial score (nSPS) is 12.2. The second kappa shape index (κ2) is 35.7. The Morgan fingerprint density at radius 1 is 0.565 bits per heavy atom. The van der Waals surface area contributed by atoms with Gasteiger partial charge in [-0.3, -0.25) is 14.4 Å². The van der Waals surface area contributed by atoms with Crippen molar-refractivity contribution in [1.82, 2.24) is 5.32 Å². The summed E-state index contributed by atoms with van der Waals surface area (Å²) in [6.07, 6.45) is 41.8. The zero-order chi connectivity index (χ0) is 33.8. The summed E-state index contributed by atoms with van der Waals surface area (Å²) in [7, 11) is 0. The van der Waals surface area contributed by atoms with Crippen molar-refractivity contribution >= 4 is 17.8 Å². The summed E-state index contributed by atoms with van der Waals surface area (Å²) < 4.78 is 5.91. The van der Waals surface area contributed by atoms with E-state index in [-0.39, 0.29) is 24.5 Å². The molecule has 0 aliphatic carbocycles. The third kappa shape index (κ3) is 34.8. The van der Waals surface area contributed by atoms with Crippen molar-refractivity contribution in [3.8, 4) is 0 Å². The lowest BCUT2D eigenvalue weighted by Gasteiger charge is -2.18. The standard InChI is InChI=1S/C40H73NO5/c1-3-5-7-9-10-11-12-13-14-15-16-17-18-19-20-21-22-23-24-25-31-35-40(45)46-37(32-28-8-6-4-2)33-29-26-27-30-34-38(42)41-36-39(43)44/h12-13,15-16,37H,3-11,14,17-36H2,1-2H3,(H,41,42)(H,43,44)/b13-12-,16-15-. The van der Waals surface area contributed by atoms with Crippen LogP contribution in [-0.2, 0) is 19.1 Å². The molecule has 0 radical (unpaired) electrons. The molecular formula is C40H73NO5. The Morgan fingerprint density at radius 3 is 1.52 bits per heavy atom. The highest BCUT2D eigenvalue weighted by atomic mass is 16.5. The minimum absolute atomic E-state index is 0.00505. The lowest BCUT2D eigenvalue weighted by atomic mass is 10.0. The molecule has 0 aromatic carbocycles. The molecule has 0 bridgehead atoms. The quantitative estimate of drug-likeness (QED) is 0.0405. The van der Waals surface area contributed by atoms with E-state index < -0.39 is 5.97 Å². The van der Waals surface area contributed by atoms with Crippen LogP contribution < -0.4 is 5.32 Å². The summed E-state index contributed by atoms with van der Waals surface area (Å²) in [5.74, 6) is -1.27. The molecule has 6 nitrogen and oxygen atoms in total. The maximum Gasteiger partial charge on any atom is 0.322 e. The number of esters is 1. The van der Waals surface area contributed by atoms with Crippen LogP contribution in [0, 0.1) is 0 Å². The first-order chi connectivity index (χ1) is 22.5. The number of carbonyl (C=O) groups excluding carboxylic acids is 2. The number of aliphatic carboxylic acids is 1. The topological polar surface area (TPSA) is 92.7 Å². The third-order valence-electron chi connectivity index (χ3n) is 8.63. The van der Waals surface area contributed by atoms with Crippen LogP contribution in [0.2, 0.25) is 0 Å². The number of ether oxygens (including phenoxy) is 1. The molecule has 0 heterocycles. The Balaban J connectivity index is 3.79. The van der Waals surface area contributed by atoms with Gasteiger partial charge in [-0.1, -0.05) is 141 Å². The number of rotatable bonds is 35. The number of allylic oxidation sites excluding steroid dienone is 4. The van der Waals surface area contributed by atoms with Crippen LogP contribution in [0.5, 0.6) is 0 Å². The van der Waals surface area contributed by atoms with Crippen LogP contribution in [0.3, 0.4) is 0 Å². The van der Waals surface area contributed by atoms with Crippen molar-refractivity contribution in [2.24, 2.45) is 0 Å². The molecule has 1 amide bonds. The lowest BCUT2D eigenvalue weighted by Crippen LogP contribution is -2.28. The number of carboxylic acids is 1. The SMILES string of the molecule is CCCCCCC/C=C\C/C=C\CCCCCCCCCCCC(=O)OC(CCCCCC)CCCCCCC(=O)NCC(=O)O. The molecule has 0 aliphatic heterocycles. The molecule has 46 heavy (non-hydrogen) atoms. The Labute approximate surface area is 284 Å². The highest BCUT2D eigenvalue weighted by Crippen LogP contribution is 2.18. The van der Waals surface area contributed by atoms with Crippen molar-refractivity contribution in [2.45, 2.75) is 206 Å². The van der Waals surface area contributed by atoms with E-state index >= 15 is 0 Å². The number of carbonyl (C=O) groups is 3. The molecule has 1 unspecified atom stereocenters. The lowest BCUT2D eigenvalue weighted by molar-refractivity contribution is -0.150. The molecule has 0 saturated carbocycles. The van der Waals surface area contributed by atoms with Gasteiger partial charge in [0.05, 0.1) is 0 Å². The smallest absolute Gasteiger partial charge is 0.322 e.